The lowest BCUT2D eigenvalue weighted by atomic mass is 10.0. The molecule has 0 atom stereocenters. The van der Waals surface area contributed by atoms with E-state index in [0.29, 0.717) is 0 Å². The lowest BCUT2D eigenvalue weighted by Gasteiger charge is -2.13. The zero-order chi connectivity index (χ0) is 16.2. The first-order chi connectivity index (χ1) is 10.4. The molecule has 0 aliphatic rings. The van der Waals surface area contributed by atoms with Crippen LogP contribution < -0.4 is 0 Å². The first-order valence-electron chi connectivity index (χ1n) is 7.11. The summed E-state index contributed by atoms with van der Waals surface area (Å²) in [5.41, 5.74) is 2.57. The Morgan fingerprint density at radius 2 is 1.73 bits per heavy atom. The first kappa shape index (κ1) is 16.7. The molecule has 5 heteroatoms. The smallest absolute Gasteiger partial charge is 0.215 e. The van der Waals surface area contributed by atoms with Gasteiger partial charge < -0.3 is 0 Å². The van der Waals surface area contributed by atoms with Gasteiger partial charge >= 0.3 is 10.1 Å². The molecule has 0 aliphatic heterocycles. The van der Waals surface area contributed by atoms with Crippen molar-refractivity contribution in [3.05, 3.63) is 65.2 Å². The number of benzene rings is 2. The van der Waals surface area contributed by atoms with Crippen LogP contribution in [0, 0.1) is 6.92 Å². The quantitative estimate of drug-likeness (QED) is 0.597. The van der Waals surface area contributed by atoms with Gasteiger partial charge in [0.15, 0.2) is 0 Å². The van der Waals surface area contributed by atoms with E-state index in [-0.39, 0.29) is 17.4 Å². The molecule has 0 aliphatic carbocycles. The average Bonchev–Trinajstić information content (AvgIpc) is 2.47. The largest absolute Gasteiger partial charge is 0.323 e. The highest BCUT2D eigenvalue weighted by atomic mass is 32.2. The van der Waals surface area contributed by atoms with Gasteiger partial charge in [-0.05, 0) is 30.0 Å². The summed E-state index contributed by atoms with van der Waals surface area (Å²) in [5, 5.41) is 0. The van der Waals surface area contributed by atoms with Crippen molar-refractivity contribution in [1.82, 2.24) is 0 Å². The lowest BCUT2D eigenvalue weighted by molar-refractivity contribution is -0.212. The molecule has 0 N–H and O–H groups in total. The van der Waals surface area contributed by atoms with Gasteiger partial charge in [0, 0.05) is 0 Å². The van der Waals surface area contributed by atoms with Gasteiger partial charge in [0.05, 0.1) is 4.90 Å². The number of rotatable bonds is 6. The van der Waals surface area contributed by atoms with E-state index in [1.807, 2.05) is 57.2 Å². The fourth-order valence-electron chi connectivity index (χ4n) is 2.11. The third-order valence-corrected chi connectivity index (χ3v) is 4.45. The summed E-state index contributed by atoms with van der Waals surface area (Å²) in [7, 11) is -3.95. The third-order valence-electron chi connectivity index (χ3n) is 3.26. The van der Waals surface area contributed by atoms with Crippen molar-refractivity contribution in [1.29, 1.82) is 0 Å². The Hall–Kier alpha value is -1.69. The van der Waals surface area contributed by atoms with Crippen LogP contribution in [0.4, 0.5) is 0 Å². The molecule has 4 nitrogen and oxygen atoms in total. The second-order valence-electron chi connectivity index (χ2n) is 5.47. The van der Waals surface area contributed by atoms with Crippen molar-refractivity contribution in [3.63, 3.8) is 0 Å². The van der Waals surface area contributed by atoms with E-state index in [4.69, 9.17) is 9.22 Å². The van der Waals surface area contributed by atoms with Gasteiger partial charge in [-0.3, -0.25) is 0 Å². The molecule has 2 aromatic carbocycles. The SMILES string of the molecule is Cc1ccc(S(=O)(=O)OOCc2ccccc2)c(C(C)C)c1. The predicted molar refractivity (Wildman–Crippen MR) is 84.8 cm³/mol. The highest BCUT2D eigenvalue weighted by Crippen LogP contribution is 2.26. The average molecular weight is 320 g/mol. The second kappa shape index (κ2) is 7.05. The van der Waals surface area contributed by atoms with Crippen LogP contribution in [0.15, 0.2) is 53.4 Å². The first-order valence-corrected chi connectivity index (χ1v) is 8.51. The summed E-state index contributed by atoms with van der Waals surface area (Å²) in [4.78, 5) is 5.07. The molecule has 0 saturated carbocycles. The molecule has 0 fully saturated rings. The van der Waals surface area contributed by atoms with E-state index in [2.05, 4.69) is 0 Å². The maximum Gasteiger partial charge on any atom is 0.323 e. The minimum Gasteiger partial charge on any atom is -0.215 e. The van der Waals surface area contributed by atoms with Gasteiger partial charge in [0.2, 0.25) is 0 Å². The van der Waals surface area contributed by atoms with Crippen LogP contribution in [0.1, 0.15) is 36.5 Å². The van der Waals surface area contributed by atoms with Crippen molar-refractivity contribution in [2.45, 2.75) is 38.2 Å². The van der Waals surface area contributed by atoms with Crippen LogP contribution in [0.25, 0.3) is 0 Å². The fourth-order valence-corrected chi connectivity index (χ4v) is 3.18. The van der Waals surface area contributed by atoms with Crippen LogP contribution in [-0.4, -0.2) is 8.42 Å². The maximum atomic E-state index is 12.3. The molecule has 0 amide bonds. The monoisotopic (exact) mass is 320 g/mol. The summed E-state index contributed by atoms with van der Waals surface area (Å²) < 4.78 is 29.3. The zero-order valence-corrected chi connectivity index (χ0v) is 13.8. The van der Waals surface area contributed by atoms with Crippen molar-refractivity contribution in [2.24, 2.45) is 0 Å². The molecule has 0 spiro atoms. The molecule has 0 heterocycles. The molecule has 2 rings (SSSR count). The molecular formula is C17H20O4S. The van der Waals surface area contributed by atoms with Crippen molar-refractivity contribution >= 4 is 10.1 Å². The molecule has 0 saturated heterocycles. The molecule has 2 aromatic rings. The Labute approximate surface area is 131 Å². The Kier molecular flexibility index (Phi) is 5.34. The maximum absolute atomic E-state index is 12.3. The molecule has 0 radical (unpaired) electrons. The third kappa shape index (κ3) is 4.16. The summed E-state index contributed by atoms with van der Waals surface area (Å²) >= 11 is 0. The van der Waals surface area contributed by atoms with Crippen LogP contribution in [0.5, 0.6) is 0 Å². The second-order valence-corrected chi connectivity index (χ2v) is 6.95. The Morgan fingerprint density at radius 3 is 2.36 bits per heavy atom. The molecular weight excluding hydrogens is 300 g/mol. The normalized spacial score (nSPS) is 11.8. The number of aryl methyl sites for hydroxylation is 1. The van der Waals surface area contributed by atoms with Crippen molar-refractivity contribution in [2.75, 3.05) is 0 Å². The predicted octanol–water partition coefficient (Wildman–Crippen LogP) is 3.96. The molecule has 22 heavy (non-hydrogen) atoms. The molecule has 0 bridgehead atoms. The molecule has 0 aromatic heterocycles. The fraction of sp³-hybridized carbons (Fsp3) is 0.294. The van der Waals surface area contributed by atoms with E-state index in [1.165, 1.54) is 0 Å². The van der Waals surface area contributed by atoms with Crippen LogP contribution in [0.2, 0.25) is 0 Å². The minimum atomic E-state index is -3.95. The van der Waals surface area contributed by atoms with Crippen LogP contribution in [0.3, 0.4) is 0 Å². The minimum absolute atomic E-state index is 0.0717. The Bertz CT molecular complexity index is 722. The van der Waals surface area contributed by atoms with Gasteiger partial charge in [-0.1, -0.05) is 61.9 Å². The zero-order valence-electron chi connectivity index (χ0n) is 12.9. The van der Waals surface area contributed by atoms with E-state index in [0.717, 1.165) is 16.7 Å². The Balaban J connectivity index is 2.14. The van der Waals surface area contributed by atoms with Crippen molar-refractivity contribution in [3.8, 4) is 0 Å². The van der Waals surface area contributed by atoms with Crippen LogP contribution >= 0.6 is 0 Å². The summed E-state index contributed by atoms with van der Waals surface area (Å²) in [6, 6.07) is 14.4. The highest BCUT2D eigenvalue weighted by molar-refractivity contribution is 7.86. The number of hydrogen-bond donors (Lipinski definition) is 0. The van der Waals surface area contributed by atoms with Crippen LogP contribution in [-0.2, 0) is 25.9 Å². The van der Waals surface area contributed by atoms with Gasteiger partial charge in [-0.15, -0.1) is 4.33 Å². The van der Waals surface area contributed by atoms with E-state index in [9.17, 15) is 8.42 Å². The lowest BCUT2D eigenvalue weighted by Crippen LogP contribution is -2.11. The molecule has 118 valence electrons. The Morgan fingerprint density at radius 1 is 1.05 bits per heavy atom. The molecule has 0 unspecified atom stereocenters. The standard InChI is InChI=1S/C17H20O4S/c1-13(2)16-11-14(3)9-10-17(16)22(18,19)21-20-12-15-7-5-4-6-8-15/h4-11,13H,12H2,1-3H3. The van der Waals surface area contributed by atoms with Gasteiger partial charge in [-0.2, -0.15) is 8.42 Å². The number of hydrogen-bond acceptors (Lipinski definition) is 4. The highest BCUT2D eigenvalue weighted by Gasteiger charge is 2.22. The van der Waals surface area contributed by atoms with E-state index in [1.54, 1.807) is 12.1 Å². The van der Waals surface area contributed by atoms with E-state index < -0.39 is 10.1 Å². The summed E-state index contributed by atoms with van der Waals surface area (Å²) in [6.07, 6.45) is 0. The summed E-state index contributed by atoms with van der Waals surface area (Å²) in [5.74, 6) is 0.0717. The summed E-state index contributed by atoms with van der Waals surface area (Å²) in [6.45, 7) is 5.88. The van der Waals surface area contributed by atoms with Gasteiger partial charge in [0.25, 0.3) is 0 Å². The van der Waals surface area contributed by atoms with Crippen molar-refractivity contribution < 1.29 is 17.6 Å². The van der Waals surface area contributed by atoms with Gasteiger partial charge in [-0.25, -0.2) is 4.89 Å². The van der Waals surface area contributed by atoms with E-state index >= 15 is 0 Å². The van der Waals surface area contributed by atoms with Gasteiger partial charge in [0.1, 0.15) is 6.61 Å². The topological polar surface area (TPSA) is 52.6 Å².